The Morgan fingerprint density at radius 3 is 2.67 bits per heavy atom. The maximum absolute atomic E-state index is 10.8. The number of carboxylic acid groups (broad SMARTS) is 1. The number of benzene rings is 1. The summed E-state index contributed by atoms with van der Waals surface area (Å²) in [6.45, 7) is 2.22. The van der Waals surface area contributed by atoms with Crippen LogP contribution in [0.5, 0.6) is 0 Å². The molecule has 0 saturated carbocycles. The van der Waals surface area contributed by atoms with Crippen LogP contribution in [0, 0.1) is 0 Å². The lowest BCUT2D eigenvalue weighted by molar-refractivity contribution is -0.148. The van der Waals surface area contributed by atoms with Crippen LogP contribution in [-0.4, -0.2) is 29.5 Å². The standard InChI is InChI=1S/C11H14O3S/c1-2-14-10(11(12)13)8-15-9-6-4-3-5-7-9/h3-7,10H,2,8H2,1H3,(H,12,13). The number of carboxylic acids is 1. The van der Waals surface area contributed by atoms with Crippen molar-refractivity contribution >= 4 is 17.7 Å². The van der Waals surface area contributed by atoms with Crippen LogP contribution in [0.2, 0.25) is 0 Å². The monoisotopic (exact) mass is 226 g/mol. The van der Waals surface area contributed by atoms with Gasteiger partial charge in [-0.3, -0.25) is 0 Å². The molecule has 82 valence electrons. The number of rotatable bonds is 6. The average molecular weight is 226 g/mol. The Hall–Kier alpha value is -1.00. The van der Waals surface area contributed by atoms with Gasteiger partial charge in [0.2, 0.25) is 0 Å². The van der Waals surface area contributed by atoms with Crippen LogP contribution in [0.3, 0.4) is 0 Å². The summed E-state index contributed by atoms with van der Waals surface area (Å²) in [4.78, 5) is 11.8. The molecule has 1 aromatic rings. The van der Waals surface area contributed by atoms with Crippen LogP contribution in [-0.2, 0) is 9.53 Å². The minimum Gasteiger partial charge on any atom is -0.479 e. The summed E-state index contributed by atoms with van der Waals surface area (Å²) in [7, 11) is 0. The average Bonchev–Trinajstić information content (AvgIpc) is 2.25. The van der Waals surface area contributed by atoms with Gasteiger partial charge in [-0.15, -0.1) is 11.8 Å². The van der Waals surface area contributed by atoms with Gasteiger partial charge >= 0.3 is 5.97 Å². The fraction of sp³-hybridized carbons (Fsp3) is 0.364. The number of carbonyl (C=O) groups is 1. The smallest absolute Gasteiger partial charge is 0.333 e. The topological polar surface area (TPSA) is 46.5 Å². The quantitative estimate of drug-likeness (QED) is 0.756. The predicted molar refractivity (Wildman–Crippen MR) is 60.2 cm³/mol. The van der Waals surface area contributed by atoms with Gasteiger partial charge in [-0.1, -0.05) is 18.2 Å². The molecule has 0 amide bonds. The third kappa shape index (κ3) is 4.36. The molecule has 0 aliphatic heterocycles. The highest BCUT2D eigenvalue weighted by molar-refractivity contribution is 7.99. The molecule has 1 rings (SSSR count). The molecule has 0 aliphatic carbocycles. The van der Waals surface area contributed by atoms with E-state index >= 15 is 0 Å². The SMILES string of the molecule is CCOC(CSc1ccccc1)C(=O)O. The first kappa shape index (κ1) is 12.1. The molecular formula is C11H14O3S. The lowest BCUT2D eigenvalue weighted by Gasteiger charge is -2.11. The second-order valence-corrected chi connectivity index (χ2v) is 4.00. The van der Waals surface area contributed by atoms with Gasteiger partial charge in [0.05, 0.1) is 0 Å². The maximum atomic E-state index is 10.8. The summed E-state index contributed by atoms with van der Waals surface area (Å²) in [5.74, 6) is -0.465. The summed E-state index contributed by atoms with van der Waals surface area (Å²) in [6, 6.07) is 9.70. The van der Waals surface area contributed by atoms with Crippen molar-refractivity contribution in [2.24, 2.45) is 0 Å². The van der Waals surface area contributed by atoms with Gasteiger partial charge in [0.1, 0.15) is 0 Å². The Bertz CT molecular complexity index is 300. The normalized spacial score (nSPS) is 12.3. The van der Waals surface area contributed by atoms with Crippen molar-refractivity contribution in [2.75, 3.05) is 12.4 Å². The summed E-state index contributed by atoms with van der Waals surface area (Å²) in [6.07, 6.45) is -0.722. The largest absolute Gasteiger partial charge is 0.479 e. The Morgan fingerprint density at radius 2 is 2.13 bits per heavy atom. The van der Waals surface area contributed by atoms with Gasteiger partial charge in [0, 0.05) is 17.3 Å². The van der Waals surface area contributed by atoms with E-state index in [1.807, 2.05) is 30.3 Å². The van der Waals surface area contributed by atoms with Gasteiger partial charge in [0.15, 0.2) is 6.10 Å². The van der Waals surface area contributed by atoms with Gasteiger partial charge < -0.3 is 9.84 Å². The van der Waals surface area contributed by atoms with Crippen LogP contribution < -0.4 is 0 Å². The molecule has 0 aromatic heterocycles. The molecule has 0 heterocycles. The van der Waals surface area contributed by atoms with E-state index in [0.29, 0.717) is 12.4 Å². The first-order valence-electron chi connectivity index (χ1n) is 4.76. The molecule has 0 aliphatic rings. The van der Waals surface area contributed by atoms with Gasteiger partial charge in [0.25, 0.3) is 0 Å². The Kier molecular flexibility index (Phi) is 5.21. The first-order chi connectivity index (χ1) is 7.24. The van der Waals surface area contributed by atoms with Crippen molar-refractivity contribution < 1.29 is 14.6 Å². The second-order valence-electron chi connectivity index (χ2n) is 2.91. The molecule has 1 aromatic carbocycles. The minimum atomic E-state index is -0.903. The van der Waals surface area contributed by atoms with Gasteiger partial charge in [-0.05, 0) is 19.1 Å². The second kappa shape index (κ2) is 6.48. The van der Waals surface area contributed by atoms with E-state index in [-0.39, 0.29) is 0 Å². The highest BCUT2D eigenvalue weighted by atomic mass is 32.2. The van der Waals surface area contributed by atoms with Crippen molar-refractivity contribution in [3.05, 3.63) is 30.3 Å². The van der Waals surface area contributed by atoms with Crippen LogP contribution >= 0.6 is 11.8 Å². The van der Waals surface area contributed by atoms with E-state index in [1.165, 1.54) is 11.8 Å². The van der Waals surface area contributed by atoms with Crippen molar-refractivity contribution in [3.8, 4) is 0 Å². The van der Waals surface area contributed by atoms with Crippen LogP contribution in [0.25, 0.3) is 0 Å². The minimum absolute atomic E-state index is 0.423. The molecule has 1 atom stereocenters. The molecular weight excluding hydrogens is 212 g/mol. The van der Waals surface area contributed by atoms with E-state index in [1.54, 1.807) is 6.92 Å². The summed E-state index contributed by atoms with van der Waals surface area (Å²) in [5, 5.41) is 8.84. The first-order valence-corrected chi connectivity index (χ1v) is 5.75. The predicted octanol–water partition coefficient (Wildman–Crippen LogP) is 2.27. The zero-order chi connectivity index (χ0) is 11.1. The summed E-state index contributed by atoms with van der Waals surface area (Å²) < 4.78 is 5.10. The molecule has 1 N–H and O–H groups in total. The van der Waals surface area contributed by atoms with E-state index in [0.717, 1.165) is 4.90 Å². The maximum Gasteiger partial charge on any atom is 0.333 e. The molecule has 0 spiro atoms. The molecule has 4 heteroatoms. The number of aliphatic carboxylic acids is 1. The summed E-state index contributed by atoms with van der Waals surface area (Å²) >= 11 is 1.49. The van der Waals surface area contributed by atoms with Crippen LogP contribution in [0.1, 0.15) is 6.92 Å². The van der Waals surface area contributed by atoms with Crippen LogP contribution in [0.4, 0.5) is 0 Å². The van der Waals surface area contributed by atoms with Gasteiger partial charge in [-0.25, -0.2) is 4.79 Å². The molecule has 0 radical (unpaired) electrons. The van der Waals surface area contributed by atoms with Crippen molar-refractivity contribution in [3.63, 3.8) is 0 Å². The van der Waals surface area contributed by atoms with Gasteiger partial charge in [-0.2, -0.15) is 0 Å². The number of thioether (sulfide) groups is 1. The van der Waals surface area contributed by atoms with Crippen molar-refractivity contribution in [1.29, 1.82) is 0 Å². The number of hydrogen-bond acceptors (Lipinski definition) is 3. The molecule has 0 fully saturated rings. The fourth-order valence-electron chi connectivity index (χ4n) is 1.08. The lowest BCUT2D eigenvalue weighted by atomic mass is 10.4. The zero-order valence-electron chi connectivity index (χ0n) is 8.55. The van der Waals surface area contributed by atoms with E-state index in [4.69, 9.17) is 9.84 Å². The summed E-state index contributed by atoms with van der Waals surface area (Å²) in [5.41, 5.74) is 0. The Balaban J connectivity index is 2.43. The molecule has 15 heavy (non-hydrogen) atoms. The van der Waals surface area contributed by atoms with E-state index in [9.17, 15) is 4.79 Å². The van der Waals surface area contributed by atoms with Crippen molar-refractivity contribution in [2.45, 2.75) is 17.9 Å². The molecule has 1 unspecified atom stereocenters. The zero-order valence-corrected chi connectivity index (χ0v) is 9.37. The Morgan fingerprint density at radius 1 is 1.47 bits per heavy atom. The molecule has 0 bridgehead atoms. The molecule has 0 saturated heterocycles. The van der Waals surface area contributed by atoms with Crippen molar-refractivity contribution in [1.82, 2.24) is 0 Å². The molecule has 3 nitrogen and oxygen atoms in total. The number of hydrogen-bond donors (Lipinski definition) is 1. The van der Waals surface area contributed by atoms with Crippen LogP contribution in [0.15, 0.2) is 35.2 Å². The van der Waals surface area contributed by atoms with E-state index in [2.05, 4.69) is 0 Å². The fourth-order valence-corrected chi connectivity index (χ4v) is 2.01. The highest BCUT2D eigenvalue weighted by Crippen LogP contribution is 2.18. The Labute approximate surface area is 93.4 Å². The third-order valence-electron chi connectivity index (χ3n) is 1.79. The lowest BCUT2D eigenvalue weighted by Crippen LogP contribution is -2.26. The number of ether oxygens (including phenoxy) is 1. The third-order valence-corrected chi connectivity index (χ3v) is 2.86. The highest BCUT2D eigenvalue weighted by Gasteiger charge is 2.17. The van der Waals surface area contributed by atoms with E-state index < -0.39 is 12.1 Å².